The van der Waals surface area contributed by atoms with Gasteiger partial charge in [-0.2, -0.15) is 0 Å². The summed E-state index contributed by atoms with van der Waals surface area (Å²) in [6, 6.07) is 8.24. The third kappa shape index (κ3) is 3.16. The first-order valence-corrected chi connectivity index (χ1v) is 4.51. The Morgan fingerprint density at radius 1 is 1.31 bits per heavy atom. The minimum absolute atomic E-state index is 1.07. The van der Waals surface area contributed by atoms with E-state index in [9.17, 15) is 0 Å². The first kappa shape index (κ1) is 9.59. The molecule has 0 aliphatic heterocycles. The van der Waals surface area contributed by atoms with Gasteiger partial charge in [0.05, 0.1) is 0 Å². The number of benzene rings is 1. The Morgan fingerprint density at radius 2 is 2.00 bits per heavy atom. The molecule has 0 amide bonds. The van der Waals surface area contributed by atoms with E-state index in [0.717, 1.165) is 12.1 Å². The molecule has 0 heterocycles. The molecule has 1 aromatic carbocycles. The first-order chi connectivity index (χ1) is 6.36. The minimum atomic E-state index is 1.07. The number of hydrogen-bond donors (Lipinski definition) is 1. The van der Waals surface area contributed by atoms with Gasteiger partial charge < -0.3 is 5.32 Å². The van der Waals surface area contributed by atoms with Gasteiger partial charge in [-0.25, -0.2) is 0 Å². The third-order valence-corrected chi connectivity index (χ3v) is 1.73. The molecular formula is C12H15N. The number of rotatable bonds is 4. The molecule has 0 saturated carbocycles. The van der Waals surface area contributed by atoms with Crippen LogP contribution in [0.5, 0.6) is 0 Å². The predicted octanol–water partition coefficient (Wildman–Crippen LogP) is 3.67. The van der Waals surface area contributed by atoms with Crippen molar-refractivity contribution in [1.29, 1.82) is 0 Å². The van der Waals surface area contributed by atoms with Gasteiger partial charge in [0.2, 0.25) is 0 Å². The number of nitrogens with one attached hydrogen (secondary N) is 1. The number of allylic oxidation sites excluding steroid dienone is 1. The van der Waals surface area contributed by atoms with E-state index in [4.69, 9.17) is 0 Å². The Kier molecular flexibility index (Phi) is 3.83. The standard InChI is InChI=1S/C12H15N/c1-3-5-6-11-7-9-12(10-8-11)13-4-2/h4-10,13H,2-3H2,1H3/b6-5+. The molecule has 0 aromatic heterocycles. The molecular weight excluding hydrogens is 158 g/mol. The van der Waals surface area contributed by atoms with Gasteiger partial charge in [-0.15, -0.1) is 0 Å². The highest BCUT2D eigenvalue weighted by molar-refractivity contribution is 5.55. The van der Waals surface area contributed by atoms with Gasteiger partial charge in [-0.1, -0.05) is 37.8 Å². The van der Waals surface area contributed by atoms with Gasteiger partial charge in [0, 0.05) is 5.69 Å². The summed E-state index contributed by atoms with van der Waals surface area (Å²) in [6.07, 6.45) is 7.02. The van der Waals surface area contributed by atoms with E-state index in [2.05, 4.69) is 43.1 Å². The van der Waals surface area contributed by atoms with Crippen LogP contribution >= 0.6 is 0 Å². The van der Waals surface area contributed by atoms with Gasteiger partial charge >= 0.3 is 0 Å². The minimum Gasteiger partial charge on any atom is -0.362 e. The Hall–Kier alpha value is -1.50. The molecule has 0 aliphatic carbocycles. The van der Waals surface area contributed by atoms with E-state index in [1.54, 1.807) is 6.20 Å². The van der Waals surface area contributed by atoms with Crippen LogP contribution in [0.1, 0.15) is 18.9 Å². The molecule has 0 saturated heterocycles. The normalized spacial score (nSPS) is 10.2. The highest BCUT2D eigenvalue weighted by atomic mass is 14.8. The van der Waals surface area contributed by atoms with E-state index < -0.39 is 0 Å². The van der Waals surface area contributed by atoms with Crippen LogP contribution < -0.4 is 5.32 Å². The van der Waals surface area contributed by atoms with Crippen molar-refractivity contribution in [2.75, 3.05) is 5.32 Å². The largest absolute Gasteiger partial charge is 0.362 e. The molecule has 0 fully saturated rings. The van der Waals surface area contributed by atoms with Crippen LogP contribution in [0.15, 0.2) is 43.1 Å². The van der Waals surface area contributed by atoms with E-state index in [1.165, 1.54) is 5.56 Å². The second kappa shape index (κ2) is 5.20. The average molecular weight is 173 g/mol. The van der Waals surface area contributed by atoms with E-state index >= 15 is 0 Å². The summed E-state index contributed by atoms with van der Waals surface area (Å²) >= 11 is 0. The summed E-state index contributed by atoms with van der Waals surface area (Å²) in [6.45, 7) is 5.73. The van der Waals surface area contributed by atoms with Crippen molar-refractivity contribution in [1.82, 2.24) is 0 Å². The van der Waals surface area contributed by atoms with Crippen LogP contribution in [-0.4, -0.2) is 0 Å². The molecule has 0 aliphatic rings. The van der Waals surface area contributed by atoms with Crippen molar-refractivity contribution in [3.63, 3.8) is 0 Å². The maximum Gasteiger partial charge on any atom is 0.0379 e. The summed E-state index contributed by atoms with van der Waals surface area (Å²) in [5.41, 5.74) is 2.31. The lowest BCUT2D eigenvalue weighted by molar-refractivity contribution is 1.23. The lowest BCUT2D eigenvalue weighted by atomic mass is 10.2. The van der Waals surface area contributed by atoms with Crippen LogP contribution in [0.4, 0.5) is 5.69 Å². The Morgan fingerprint density at radius 3 is 2.54 bits per heavy atom. The van der Waals surface area contributed by atoms with Crippen molar-refractivity contribution < 1.29 is 0 Å². The molecule has 1 aromatic rings. The SMILES string of the molecule is C=CNc1ccc(/C=C/CC)cc1. The lowest BCUT2D eigenvalue weighted by Gasteiger charge is -1.99. The van der Waals surface area contributed by atoms with Crippen LogP contribution in [0.25, 0.3) is 6.08 Å². The Bertz CT molecular complexity index is 282. The van der Waals surface area contributed by atoms with Crippen LogP contribution in [-0.2, 0) is 0 Å². The topological polar surface area (TPSA) is 12.0 Å². The summed E-state index contributed by atoms with van der Waals surface area (Å²) in [5, 5.41) is 3.03. The number of hydrogen-bond acceptors (Lipinski definition) is 1. The zero-order chi connectivity index (χ0) is 9.52. The van der Waals surface area contributed by atoms with Gasteiger partial charge in [-0.05, 0) is 30.3 Å². The fraction of sp³-hybridized carbons (Fsp3) is 0.167. The lowest BCUT2D eigenvalue weighted by Crippen LogP contribution is -1.84. The molecule has 0 bridgehead atoms. The number of anilines is 1. The fourth-order valence-electron chi connectivity index (χ4n) is 1.06. The van der Waals surface area contributed by atoms with Gasteiger partial charge in [0.15, 0.2) is 0 Å². The average Bonchev–Trinajstić information content (AvgIpc) is 2.17. The van der Waals surface area contributed by atoms with Crippen LogP contribution in [0.2, 0.25) is 0 Å². The Labute approximate surface area is 79.8 Å². The van der Waals surface area contributed by atoms with Crippen molar-refractivity contribution in [2.45, 2.75) is 13.3 Å². The molecule has 1 nitrogen and oxygen atoms in total. The molecule has 1 N–H and O–H groups in total. The molecule has 1 rings (SSSR count). The maximum atomic E-state index is 3.60. The van der Waals surface area contributed by atoms with Crippen molar-refractivity contribution in [3.05, 3.63) is 48.7 Å². The Balaban J connectivity index is 2.69. The fourth-order valence-corrected chi connectivity index (χ4v) is 1.06. The molecule has 13 heavy (non-hydrogen) atoms. The van der Waals surface area contributed by atoms with E-state index in [0.29, 0.717) is 0 Å². The molecule has 68 valence electrons. The quantitative estimate of drug-likeness (QED) is 0.732. The van der Waals surface area contributed by atoms with Crippen molar-refractivity contribution in [3.8, 4) is 0 Å². The van der Waals surface area contributed by atoms with Gasteiger partial charge in [-0.3, -0.25) is 0 Å². The summed E-state index contributed by atoms with van der Waals surface area (Å²) in [5.74, 6) is 0. The molecule has 1 heteroatoms. The highest BCUT2D eigenvalue weighted by Crippen LogP contribution is 2.10. The maximum absolute atomic E-state index is 3.60. The predicted molar refractivity (Wildman–Crippen MR) is 59.6 cm³/mol. The third-order valence-electron chi connectivity index (χ3n) is 1.73. The molecule has 0 unspecified atom stereocenters. The van der Waals surface area contributed by atoms with Crippen molar-refractivity contribution >= 4 is 11.8 Å². The van der Waals surface area contributed by atoms with Gasteiger partial charge in [0.1, 0.15) is 0 Å². The first-order valence-electron chi connectivity index (χ1n) is 4.51. The summed E-state index contributed by atoms with van der Waals surface area (Å²) < 4.78 is 0. The molecule has 0 radical (unpaired) electrons. The monoisotopic (exact) mass is 173 g/mol. The van der Waals surface area contributed by atoms with E-state index in [-0.39, 0.29) is 0 Å². The molecule has 0 spiro atoms. The van der Waals surface area contributed by atoms with E-state index in [1.807, 2.05) is 12.1 Å². The molecule has 0 atom stereocenters. The second-order valence-corrected chi connectivity index (χ2v) is 2.78. The van der Waals surface area contributed by atoms with Crippen molar-refractivity contribution in [2.24, 2.45) is 0 Å². The second-order valence-electron chi connectivity index (χ2n) is 2.78. The van der Waals surface area contributed by atoms with Gasteiger partial charge in [0.25, 0.3) is 0 Å². The van der Waals surface area contributed by atoms with Crippen LogP contribution in [0.3, 0.4) is 0 Å². The summed E-state index contributed by atoms with van der Waals surface area (Å²) in [7, 11) is 0. The smallest absolute Gasteiger partial charge is 0.0379 e. The zero-order valence-electron chi connectivity index (χ0n) is 7.96. The highest BCUT2D eigenvalue weighted by Gasteiger charge is 1.87. The van der Waals surface area contributed by atoms with Crippen LogP contribution in [0, 0.1) is 0 Å². The summed E-state index contributed by atoms with van der Waals surface area (Å²) in [4.78, 5) is 0. The zero-order valence-corrected chi connectivity index (χ0v) is 7.96.